The van der Waals surface area contributed by atoms with Crippen LogP contribution >= 0.6 is 11.8 Å². The first-order chi connectivity index (χ1) is 21.8. The Morgan fingerprint density at radius 2 is 1.25 bits per heavy atom. The molecule has 0 aliphatic carbocycles. The topological polar surface area (TPSA) is 54.3 Å². The molecular formula is C37H39N5OS. The Kier molecular flexibility index (Phi) is 10.2. The first-order valence-electron chi connectivity index (χ1n) is 15.5. The Morgan fingerprint density at radius 3 is 1.86 bits per heavy atom. The number of hydrogen-bond donors (Lipinski definition) is 0. The van der Waals surface area contributed by atoms with Crippen LogP contribution in [0.25, 0.3) is 5.69 Å². The molecule has 1 aliphatic rings. The molecule has 0 bridgehead atoms. The summed E-state index contributed by atoms with van der Waals surface area (Å²) in [7, 11) is 0. The molecule has 1 aliphatic heterocycles. The summed E-state index contributed by atoms with van der Waals surface area (Å²) in [5.41, 5.74) is 4.88. The summed E-state index contributed by atoms with van der Waals surface area (Å²) in [4.78, 5) is 17.7. The maximum Gasteiger partial charge on any atom is 0.222 e. The molecule has 0 unspecified atom stereocenters. The highest BCUT2D eigenvalue weighted by atomic mass is 32.2. The van der Waals surface area contributed by atoms with Crippen molar-refractivity contribution in [2.45, 2.75) is 36.9 Å². The van der Waals surface area contributed by atoms with E-state index in [9.17, 15) is 4.79 Å². The second-order valence-electron chi connectivity index (χ2n) is 11.2. The second-order valence-corrected chi connectivity index (χ2v) is 12.2. The summed E-state index contributed by atoms with van der Waals surface area (Å²) in [6, 6.07) is 42.3. The largest absolute Gasteiger partial charge is 0.340 e. The van der Waals surface area contributed by atoms with Crippen LogP contribution in [-0.2, 0) is 11.2 Å². The van der Waals surface area contributed by atoms with Gasteiger partial charge in [0.25, 0.3) is 0 Å². The molecule has 1 fully saturated rings. The molecule has 0 radical (unpaired) electrons. The molecule has 0 saturated carbocycles. The van der Waals surface area contributed by atoms with Crippen molar-refractivity contribution in [2.24, 2.45) is 0 Å². The molecule has 4 aromatic carbocycles. The fraction of sp³-hybridized carbons (Fsp3) is 0.270. The highest BCUT2D eigenvalue weighted by Crippen LogP contribution is 2.30. The number of amides is 1. The lowest BCUT2D eigenvalue weighted by molar-refractivity contribution is -0.133. The number of rotatable bonds is 12. The van der Waals surface area contributed by atoms with Crippen molar-refractivity contribution in [3.8, 4) is 5.69 Å². The van der Waals surface area contributed by atoms with E-state index in [0.29, 0.717) is 6.42 Å². The third-order valence-corrected chi connectivity index (χ3v) is 9.21. The molecule has 224 valence electrons. The number of carbonyl (C=O) groups is 1. The lowest BCUT2D eigenvalue weighted by Crippen LogP contribution is -2.49. The SMILES string of the molecule is O=C(CCCCSc1nnc(Cc2ccccc2)n1-c1ccccc1)N1CCN(C(c2ccccc2)c2ccccc2)CC1. The zero-order valence-electron chi connectivity index (χ0n) is 25.0. The van der Waals surface area contributed by atoms with E-state index in [2.05, 4.69) is 122 Å². The number of piperazine rings is 1. The van der Waals surface area contributed by atoms with Gasteiger partial charge in [0.2, 0.25) is 5.91 Å². The van der Waals surface area contributed by atoms with Crippen LogP contribution in [0.4, 0.5) is 0 Å². The lowest BCUT2D eigenvalue weighted by Gasteiger charge is -2.40. The first kappa shape index (κ1) is 29.9. The molecule has 7 heteroatoms. The standard InChI is InChI=1S/C37H39N5OS/c43-35(40-24-26-41(27-25-40)36(31-17-7-2-8-18-31)32-19-9-3-10-20-32)23-13-14-28-44-37-39-38-34(29-30-15-5-1-6-16-30)42(37)33-21-11-4-12-22-33/h1-12,15-22,36H,13-14,23-29H2. The van der Waals surface area contributed by atoms with Crippen molar-refractivity contribution in [1.82, 2.24) is 24.6 Å². The van der Waals surface area contributed by atoms with E-state index in [4.69, 9.17) is 0 Å². The van der Waals surface area contributed by atoms with E-state index in [0.717, 1.165) is 67.9 Å². The molecule has 1 aromatic heterocycles. The van der Waals surface area contributed by atoms with Gasteiger partial charge >= 0.3 is 0 Å². The summed E-state index contributed by atoms with van der Waals surface area (Å²) in [5, 5.41) is 10.0. The van der Waals surface area contributed by atoms with Crippen LogP contribution in [0.1, 0.15) is 47.8 Å². The minimum absolute atomic E-state index is 0.206. The third kappa shape index (κ3) is 7.47. The molecular weight excluding hydrogens is 563 g/mol. The molecule has 5 aromatic rings. The van der Waals surface area contributed by atoms with Gasteiger partial charge in [-0.2, -0.15) is 0 Å². The quantitative estimate of drug-likeness (QED) is 0.113. The Bertz CT molecular complexity index is 1550. The summed E-state index contributed by atoms with van der Waals surface area (Å²) >= 11 is 1.72. The van der Waals surface area contributed by atoms with Crippen molar-refractivity contribution in [2.75, 3.05) is 31.9 Å². The highest BCUT2D eigenvalue weighted by Gasteiger charge is 2.28. The van der Waals surface area contributed by atoms with Crippen molar-refractivity contribution < 1.29 is 4.79 Å². The Morgan fingerprint density at radius 1 is 0.682 bits per heavy atom. The average Bonchev–Trinajstić information content (AvgIpc) is 3.48. The number of nitrogens with zero attached hydrogens (tertiary/aromatic N) is 5. The van der Waals surface area contributed by atoms with E-state index >= 15 is 0 Å². The smallest absolute Gasteiger partial charge is 0.222 e. The van der Waals surface area contributed by atoms with Crippen molar-refractivity contribution in [3.05, 3.63) is 144 Å². The summed E-state index contributed by atoms with van der Waals surface area (Å²) in [5.74, 6) is 2.09. The van der Waals surface area contributed by atoms with Crippen LogP contribution in [0.3, 0.4) is 0 Å². The van der Waals surface area contributed by atoms with Gasteiger partial charge in [-0.1, -0.05) is 121 Å². The minimum Gasteiger partial charge on any atom is -0.340 e. The zero-order chi connectivity index (χ0) is 30.0. The zero-order valence-corrected chi connectivity index (χ0v) is 25.9. The van der Waals surface area contributed by atoms with Gasteiger partial charge < -0.3 is 4.90 Å². The van der Waals surface area contributed by atoms with Crippen LogP contribution in [0.2, 0.25) is 0 Å². The van der Waals surface area contributed by atoms with Gasteiger partial charge in [-0.05, 0) is 41.7 Å². The van der Waals surface area contributed by atoms with E-state index in [1.165, 1.54) is 16.7 Å². The average molecular weight is 602 g/mol. The number of carbonyl (C=O) groups excluding carboxylic acids is 1. The summed E-state index contributed by atoms with van der Waals surface area (Å²) < 4.78 is 2.17. The van der Waals surface area contributed by atoms with Crippen molar-refractivity contribution in [1.29, 1.82) is 0 Å². The molecule has 2 heterocycles. The second kappa shape index (κ2) is 15.0. The molecule has 44 heavy (non-hydrogen) atoms. The molecule has 1 amide bonds. The van der Waals surface area contributed by atoms with Gasteiger partial charge in [-0.25, -0.2) is 0 Å². The molecule has 0 spiro atoms. The lowest BCUT2D eigenvalue weighted by atomic mass is 9.96. The maximum atomic E-state index is 13.1. The van der Waals surface area contributed by atoms with Crippen molar-refractivity contribution in [3.63, 3.8) is 0 Å². The molecule has 6 rings (SSSR count). The monoisotopic (exact) mass is 601 g/mol. The fourth-order valence-electron chi connectivity index (χ4n) is 5.94. The van der Waals surface area contributed by atoms with Crippen LogP contribution in [0.5, 0.6) is 0 Å². The van der Waals surface area contributed by atoms with Gasteiger partial charge in [-0.15, -0.1) is 10.2 Å². The number of unbranched alkanes of at least 4 members (excludes halogenated alkanes) is 1. The van der Waals surface area contributed by atoms with E-state index < -0.39 is 0 Å². The van der Waals surface area contributed by atoms with E-state index in [1.807, 2.05) is 24.3 Å². The number of benzene rings is 4. The third-order valence-electron chi connectivity index (χ3n) is 8.20. The molecule has 1 saturated heterocycles. The van der Waals surface area contributed by atoms with Gasteiger partial charge in [0, 0.05) is 50.5 Å². The van der Waals surface area contributed by atoms with Crippen LogP contribution < -0.4 is 0 Å². The molecule has 6 nitrogen and oxygen atoms in total. The molecule has 0 N–H and O–H groups in total. The Balaban J connectivity index is 0.998. The number of para-hydroxylation sites is 1. The minimum atomic E-state index is 0.206. The van der Waals surface area contributed by atoms with Gasteiger partial charge in [0.15, 0.2) is 5.16 Å². The molecule has 0 atom stereocenters. The highest BCUT2D eigenvalue weighted by molar-refractivity contribution is 7.99. The Labute approximate surface area is 264 Å². The summed E-state index contributed by atoms with van der Waals surface area (Å²) in [6.07, 6.45) is 3.14. The van der Waals surface area contributed by atoms with Crippen LogP contribution in [-0.4, -0.2) is 62.4 Å². The fourth-order valence-corrected chi connectivity index (χ4v) is 6.91. The number of hydrogen-bond acceptors (Lipinski definition) is 5. The predicted octanol–water partition coefficient (Wildman–Crippen LogP) is 7.05. The van der Waals surface area contributed by atoms with E-state index in [-0.39, 0.29) is 11.9 Å². The normalized spacial score (nSPS) is 13.8. The van der Waals surface area contributed by atoms with Gasteiger partial charge in [-0.3, -0.25) is 14.3 Å². The van der Waals surface area contributed by atoms with Crippen molar-refractivity contribution >= 4 is 17.7 Å². The van der Waals surface area contributed by atoms with Crippen LogP contribution in [0.15, 0.2) is 126 Å². The van der Waals surface area contributed by atoms with E-state index in [1.54, 1.807) is 11.8 Å². The number of thioether (sulfide) groups is 1. The number of aromatic nitrogens is 3. The van der Waals surface area contributed by atoms with Crippen LogP contribution in [0, 0.1) is 0 Å². The summed E-state index contributed by atoms with van der Waals surface area (Å²) in [6.45, 7) is 3.29. The maximum absolute atomic E-state index is 13.1. The van der Waals surface area contributed by atoms with Gasteiger partial charge in [0.05, 0.1) is 6.04 Å². The van der Waals surface area contributed by atoms with Gasteiger partial charge in [0.1, 0.15) is 5.82 Å². The Hall–Kier alpha value is -4.20. The predicted molar refractivity (Wildman–Crippen MR) is 178 cm³/mol. The first-order valence-corrected chi connectivity index (χ1v) is 16.5.